The van der Waals surface area contributed by atoms with Gasteiger partial charge in [-0.15, -0.1) is 0 Å². The lowest BCUT2D eigenvalue weighted by Crippen LogP contribution is -2.41. The van der Waals surface area contributed by atoms with Gasteiger partial charge in [-0.25, -0.2) is 0 Å². The molecule has 0 unspecified atom stereocenters. The van der Waals surface area contributed by atoms with Crippen LogP contribution in [-0.4, -0.2) is 59.6 Å². The molecule has 0 aliphatic carbocycles. The minimum absolute atomic E-state index is 0.272. The van der Waals surface area contributed by atoms with Gasteiger partial charge in [0.05, 0.1) is 13.2 Å². The highest BCUT2D eigenvalue weighted by molar-refractivity contribution is 4.88. The zero-order valence-electron chi connectivity index (χ0n) is 19.4. The minimum atomic E-state index is -1.05. The molecule has 30 heavy (non-hydrogen) atoms. The van der Waals surface area contributed by atoms with Gasteiger partial charge in [0, 0.05) is 6.61 Å². The molecule has 1 heterocycles. The van der Waals surface area contributed by atoms with Crippen molar-refractivity contribution in [3.8, 4) is 0 Å². The van der Waals surface area contributed by atoms with E-state index in [0.717, 1.165) is 12.8 Å². The Morgan fingerprint density at radius 1 is 0.867 bits per heavy atom. The topological polar surface area (TPSA) is 79.2 Å². The first-order valence-electron chi connectivity index (χ1n) is 12.6. The molecule has 0 bridgehead atoms. The summed E-state index contributed by atoms with van der Waals surface area (Å²) >= 11 is 0. The molecule has 0 spiro atoms. The molecule has 1 aliphatic heterocycles. The van der Waals surface area contributed by atoms with Crippen LogP contribution in [0.25, 0.3) is 0 Å². The third-order valence-corrected chi connectivity index (χ3v) is 5.97. The molecule has 1 saturated heterocycles. The van der Waals surface area contributed by atoms with E-state index in [9.17, 15) is 10.2 Å². The maximum absolute atomic E-state index is 10.1. The van der Waals surface area contributed by atoms with Crippen LogP contribution in [0, 0.1) is 0 Å². The van der Waals surface area contributed by atoms with Crippen molar-refractivity contribution in [2.24, 2.45) is 0 Å². The van der Waals surface area contributed by atoms with Gasteiger partial charge in [0.2, 0.25) is 0 Å². The Morgan fingerprint density at radius 2 is 1.40 bits per heavy atom. The van der Waals surface area contributed by atoms with Crippen LogP contribution in [0.3, 0.4) is 0 Å². The Bertz CT molecular complexity index is 401. The first kappa shape index (κ1) is 27.6. The van der Waals surface area contributed by atoms with Crippen LogP contribution < -0.4 is 0 Å². The van der Waals surface area contributed by atoms with Crippen molar-refractivity contribution in [2.45, 2.75) is 128 Å². The number of hydrogen-bond donors (Lipinski definition) is 3. The summed E-state index contributed by atoms with van der Waals surface area (Å²) in [7, 11) is 0. The fourth-order valence-corrected chi connectivity index (χ4v) is 3.97. The van der Waals surface area contributed by atoms with Gasteiger partial charge in [-0.2, -0.15) is 0 Å². The van der Waals surface area contributed by atoms with Crippen LogP contribution in [-0.2, 0) is 9.47 Å². The molecule has 5 nitrogen and oxygen atoms in total. The van der Waals surface area contributed by atoms with E-state index in [1.54, 1.807) is 0 Å². The molecule has 0 aromatic rings. The summed E-state index contributed by atoms with van der Waals surface area (Å²) < 4.78 is 11.0. The van der Waals surface area contributed by atoms with Crippen LogP contribution in [0.4, 0.5) is 0 Å². The number of allylic oxidation sites excluding steroid dienone is 2. The Hall–Kier alpha value is -0.460. The van der Waals surface area contributed by atoms with E-state index >= 15 is 0 Å². The summed E-state index contributed by atoms with van der Waals surface area (Å²) in [6.45, 7) is 2.73. The summed E-state index contributed by atoms with van der Waals surface area (Å²) in [6.07, 6.45) is 21.0. The average molecular weight is 429 g/mol. The molecule has 178 valence electrons. The van der Waals surface area contributed by atoms with Crippen molar-refractivity contribution in [3.63, 3.8) is 0 Å². The van der Waals surface area contributed by atoms with E-state index in [-0.39, 0.29) is 6.61 Å². The summed E-state index contributed by atoms with van der Waals surface area (Å²) in [5, 5.41) is 28.6. The van der Waals surface area contributed by atoms with Crippen LogP contribution in [0.2, 0.25) is 0 Å². The van der Waals surface area contributed by atoms with E-state index in [2.05, 4.69) is 19.1 Å². The van der Waals surface area contributed by atoms with Gasteiger partial charge in [-0.05, 0) is 32.1 Å². The fraction of sp³-hybridized carbons (Fsp3) is 0.920. The fourth-order valence-electron chi connectivity index (χ4n) is 3.97. The molecule has 0 radical (unpaired) electrons. The minimum Gasteiger partial charge on any atom is -0.394 e. The maximum Gasteiger partial charge on any atom is 0.114 e. The number of rotatable bonds is 20. The summed E-state index contributed by atoms with van der Waals surface area (Å²) in [5.41, 5.74) is 0. The number of ether oxygens (including phenoxy) is 2. The predicted molar refractivity (Wildman–Crippen MR) is 123 cm³/mol. The normalized spacial score (nSPS) is 22.9. The number of aliphatic hydroxyl groups is 3. The molecule has 1 rings (SSSR count). The predicted octanol–water partition coefficient (Wildman–Crippen LogP) is 4.91. The molecule has 0 saturated carbocycles. The van der Waals surface area contributed by atoms with Crippen LogP contribution in [0.5, 0.6) is 0 Å². The van der Waals surface area contributed by atoms with E-state index in [4.69, 9.17) is 14.6 Å². The van der Waals surface area contributed by atoms with Crippen molar-refractivity contribution >= 4 is 0 Å². The van der Waals surface area contributed by atoms with E-state index in [1.165, 1.54) is 83.5 Å². The maximum atomic E-state index is 10.1. The van der Waals surface area contributed by atoms with Crippen molar-refractivity contribution in [3.05, 3.63) is 12.2 Å². The molecule has 3 N–H and O–H groups in total. The van der Waals surface area contributed by atoms with E-state index < -0.39 is 31.0 Å². The molecular formula is C25H48O5. The monoisotopic (exact) mass is 428 g/mol. The smallest absolute Gasteiger partial charge is 0.114 e. The van der Waals surface area contributed by atoms with Crippen LogP contribution in [0.1, 0.15) is 103 Å². The summed E-state index contributed by atoms with van der Waals surface area (Å²) in [4.78, 5) is 0. The largest absolute Gasteiger partial charge is 0.394 e. The Morgan fingerprint density at radius 3 is 1.97 bits per heavy atom. The molecular weight excluding hydrogens is 380 g/mol. The van der Waals surface area contributed by atoms with E-state index in [1.807, 2.05) is 0 Å². The zero-order valence-corrected chi connectivity index (χ0v) is 19.4. The lowest BCUT2D eigenvalue weighted by molar-refractivity contribution is -0.0730. The Labute approximate surface area is 184 Å². The van der Waals surface area contributed by atoms with Crippen LogP contribution in [0.15, 0.2) is 12.2 Å². The van der Waals surface area contributed by atoms with Crippen LogP contribution >= 0.6 is 0 Å². The lowest BCUT2D eigenvalue weighted by Gasteiger charge is -2.20. The number of aliphatic hydroxyl groups excluding tert-OH is 3. The summed E-state index contributed by atoms with van der Waals surface area (Å²) in [6, 6.07) is 0. The standard InChI is InChI=1S/C25H48O5/c1-2-3-4-5-6-7-8-9-10-11-12-13-14-15-16-17-18-19-29-23-21-30-25(24(23)28)22(27)20-26/h11-12,22-28H,2-10,13-21H2,1H3/b12-11+/t22-,23+,24+,25+/m1/s1. The second-order valence-corrected chi connectivity index (χ2v) is 8.74. The summed E-state index contributed by atoms with van der Waals surface area (Å²) in [5.74, 6) is 0. The number of unbranched alkanes of at least 4 members (excludes halogenated alkanes) is 13. The highest BCUT2D eigenvalue weighted by atomic mass is 16.6. The van der Waals surface area contributed by atoms with E-state index in [0.29, 0.717) is 6.61 Å². The molecule has 1 fully saturated rings. The lowest BCUT2D eigenvalue weighted by atomic mass is 10.1. The SMILES string of the molecule is CCCCCCCCCC/C=C/CCCCCCCO[C@H]1CO[C@@H]([C@H](O)CO)[C@H]1O. The van der Waals surface area contributed by atoms with Gasteiger partial charge in [0.1, 0.15) is 24.4 Å². The quantitative estimate of drug-likeness (QED) is 0.190. The van der Waals surface area contributed by atoms with Crippen molar-refractivity contribution in [2.75, 3.05) is 19.8 Å². The highest BCUT2D eigenvalue weighted by Gasteiger charge is 2.40. The van der Waals surface area contributed by atoms with Gasteiger partial charge < -0.3 is 24.8 Å². The third-order valence-electron chi connectivity index (χ3n) is 5.97. The first-order valence-corrected chi connectivity index (χ1v) is 12.6. The molecule has 0 amide bonds. The first-order chi connectivity index (χ1) is 14.7. The highest BCUT2D eigenvalue weighted by Crippen LogP contribution is 2.20. The van der Waals surface area contributed by atoms with Crippen molar-refractivity contribution in [1.29, 1.82) is 0 Å². The number of hydrogen-bond acceptors (Lipinski definition) is 5. The Kier molecular flexibility index (Phi) is 17.7. The van der Waals surface area contributed by atoms with Crippen molar-refractivity contribution in [1.82, 2.24) is 0 Å². The second kappa shape index (κ2) is 19.2. The average Bonchev–Trinajstić information content (AvgIpc) is 3.12. The molecule has 0 aromatic carbocycles. The van der Waals surface area contributed by atoms with Gasteiger partial charge in [0.15, 0.2) is 0 Å². The van der Waals surface area contributed by atoms with Gasteiger partial charge >= 0.3 is 0 Å². The van der Waals surface area contributed by atoms with Gasteiger partial charge in [-0.1, -0.05) is 83.3 Å². The zero-order chi connectivity index (χ0) is 21.9. The second-order valence-electron chi connectivity index (χ2n) is 8.74. The molecule has 5 heteroatoms. The molecule has 4 atom stereocenters. The van der Waals surface area contributed by atoms with Crippen molar-refractivity contribution < 1.29 is 24.8 Å². The molecule has 0 aromatic heterocycles. The van der Waals surface area contributed by atoms with Gasteiger partial charge in [-0.3, -0.25) is 0 Å². The third kappa shape index (κ3) is 13.1. The van der Waals surface area contributed by atoms with Gasteiger partial charge in [0.25, 0.3) is 0 Å². The molecule has 1 aliphatic rings. The Balaban J connectivity index is 1.82.